The molecule has 1 atom stereocenters. The number of carbonyl (C=O) groups excluding carboxylic acids is 1. The number of carbonyl (C=O) groups is 1. The van der Waals surface area contributed by atoms with Gasteiger partial charge in [-0.2, -0.15) is 0 Å². The van der Waals surface area contributed by atoms with E-state index >= 15 is 0 Å². The van der Waals surface area contributed by atoms with E-state index in [1.54, 1.807) is 0 Å². The minimum absolute atomic E-state index is 0.0452. The van der Waals surface area contributed by atoms with Gasteiger partial charge in [-0.15, -0.1) is 23.1 Å². The van der Waals surface area contributed by atoms with E-state index in [9.17, 15) is 4.79 Å². The van der Waals surface area contributed by atoms with Crippen molar-refractivity contribution in [1.82, 2.24) is 15.1 Å². The van der Waals surface area contributed by atoms with Crippen LogP contribution in [0.4, 0.5) is 0 Å². The second kappa shape index (κ2) is 6.93. The van der Waals surface area contributed by atoms with E-state index in [1.807, 2.05) is 23.1 Å². The number of thioether (sulfide) groups is 1. The summed E-state index contributed by atoms with van der Waals surface area (Å²) in [5.74, 6) is 2.14. The van der Waals surface area contributed by atoms with Crippen LogP contribution in [0.25, 0.3) is 0 Å². The van der Waals surface area contributed by atoms with E-state index in [-0.39, 0.29) is 6.04 Å². The summed E-state index contributed by atoms with van der Waals surface area (Å²) in [6.07, 6.45) is 1.08. The molecule has 1 aromatic heterocycles. The minimum atomic E-state index is 0.0452. The molecule has 2 fully saturated rings. The average Bonchev–Trinajstić information content (AvgIpc) is 3.10. The smallest absolute Gasteiger partial charge is 0.240 e. The van der Waals surface area contributed by atoms with Gasteiger partial charge in [-0.3, -0.25) is 15.0 Å². The topological polar surface area (TPSA) is 35.6 Å². The molecular weight excluding hydrogens is 290 g/mol. The molecule has 110 valence electrons. The molecule has 0 aliphatic carbocycles. The van der Waals surface area contributed by atoms with Crippen LogP contribution in [0.1, 0.15) is 11.3 Å². The molecular formula is C14H21N3OS2. The van der Waals surface area contributed by atoms with Gasteiger partial charge >= 0.3 is 0 Å². The highest BCUT2D eigenvalue weighted by Crippen LogP contribution is 2.16. The van der Waals surface area contributed by atoms with Crippen LogP contribution in [0, 0.1) is 0 Å². The quantitative estimate of drug-likeness (QED) is 0.916. The van der Waals surface area contributed by atoms with Crippen LogP contribution in [0.15, 0.2) is 17.5 Å². The standard InChI is InChI=1S/C14H21N3OS2/c18-14(13-10-19-11-15-13)17-5-2-4-16(6-7-17)9-12-3-1-8-20-12/h1,3,8,13,15H,2,4-7,9-11H2. The van der Waals surface area contributed by atoms with E-state index in [1.165, 1.54) is 4.88 Å². The van der Waals surface area contributed by atoms with Gasteiger partial charge in [0, 0.05) is 49.2 Å². The first-order valence-corrected chi connectivity index (χ1v) is 9.21. The third-order valence-electron chi connectivity index (χ3n) is 3.87. The summed E-state index contributed by atoms with van der Waals surface area (Å²) in [5.41, 5.74) is 0. The van der Waals surface area contributed by atoms with Gasteiger partial charge in [0.2, 0.25) is 5.91 Å². The fraction of sp³-hybridized carbons (Fsp3) is 0.643. The Morgan fingerprint density at radius 1 is 1.35 bits per heavy atom. The zero-order chi connectivity index (χ0) is 13.8. The number of thiophene rings is 1. The predicted molar refractivity (Wildman–Crippen MR) is 85.0 cm³/mol. The third kappa shape index (κ3) is 3.55. The normalized spacial score (nSPS) is 24.8. The fourth-order valence-corrected chi connectivity index (χ4v) is 4.43. The molecule has 2 aliphatic rings. The Morgan fingerprint density at radius 3 is 3.05 bits per heavy atom. The van der Waals surface area contributed by atoms with Crippen molar-refractivity contribution in [2.75, 3.05) is 37.8 Å². The molecule has 3 heterocycles. The molecule has 0 aromatic carbocycles. The van der Waals surface area contributed by atoms with Crippen molar-refractivity contribution in [3.8, 4) is 0 Å². The van der Waals surface area contributed by atoms with Crippen molar-refractivity contribution >= 4 is 29.0 Å². The summed E-state index contributed by atoms with van der Waals surface area (Å²) in [4.78, 5) is 18.3. The van der Waals surface area contributed by atoms with E-state index in [4.69, 9.17) is 0 Å². The van der Waals surface area contributed by atoms with Crippen molar-refractivity contribution < 1.29 is 4.79 Å². The monoisotopic (exact) mass is 311 g/mol. The average molecular weight is 311 g/mol. The molecule has 4 nitrogen and oxygen atoms in total. The van der Waals surface area contributed by atoms with Gasteiger partial charge in [-0.05, 0) is 17.9 Å². The Bertz CT molecular complexity index is 432. The molecule has 3 rings (SSSR count). The highest BCUT2D eigenvalue weighted by atomic mass is 32.2. The second-order valence-electron chi connectivity index (χ2n) is 5.31. The van der Waals surface area contributed by atoms with Crippen LogP contribution >= 0.6 is 23.1 Å². The molecule has 0 bridgehead atoms. The summed E-state index contributed by atoms with van der Waals surface area (Å²) < 4.78 is 0. The number of hydrogen-bond acceptors (Lipinski definition) is 5. The van der Waals surface area contributed by atoms with Gasteiger partial charge in [0.15, 0.2) is 0 Å². The zero-order valence-corrected chi connectivity index (χ0v) is 13.2. The van der Waals surface area contributed by atoms with Crippen LogP contribution in [-0.4, -0.2) is 59.6 Å². The van der Waals surface area contributed by atoms with E-state index in [2.05, 4.69) is 32.6 Å². The Hall–Kier alpha value is -0.560. The lowest BCUT2D eigenvalue weighted by Crippen LogP contribution is -2.46. The van der Waals surface area contributed by atoms with E-state index in [0.717, 1.165) is 50.8 Å². The lowest BCUT2D eigenvalue weighted by atomic mass is 10.2. The second-order valence-corrected chi connectivity index (χ2v) is 7.37. The van der Waals surface area contributed by atoms with Crippen LogP contribution < -0.4 is 5.32 Å². The fourth-order valence-electron chi connectivity index (χ4n) is 2.75. The summed E-state index contributed by atoms with van der Waals surface area (Å²) in [5, 5.41) is 5.41. The number of amides is 1. The van der Waals surface area contributed by atoms with Gasteiger partial charge in [-0.25, -0.2) is 0 Å². The van der Waals surface area contributed by atoms with Gasteiger partial charge in [0.1, 0.15) is 0 Å². The maximum absolute atomic E-state index is 12.4. The molecule has 1 aromatic rings. The highest BCUT2D eigenvalue weighted by molar-refractivity contribution is 7.99. The van der Waals surface area contributed by atoms with Crippen molar-refractivity contribution in [1.29, 1.82) is 0 Å². The predicted octanol–water partition coefficient (Wildman–Crippen LogP) is 1.44. The third-order valence-corrected chi connectivity index (χ3v) is 5.68. The number of hydrogen-bond donors (Lipinski definition) is 1. The number of rotatable bonds is 3. The molecule has 2 aliphatic heterocycles. The first-order chi connectivity index (χ1) is 9.83. The number of nitrogens with one attached hydrogen (secondary N) is 1. The molecule has 0 spiro atoms. The summed E-state index contributed by atoms with van der Waals surface area (Å²) >= 11 is 3.63. The molecule has 6 heteroatoms. The lowest BCUT2D eigenvalue weighted by Gasteiger charge is -2.24. The lowest BCUT2D eigenvalue weighted by molar-refractivity contribution is -0.132. The maximum atomic E-state index is 12.4. The summed E-state index contributed by atoms with van der Waals surface area (Å²) in [6.45, 7) is 4.88. The highest BCUT2D eigenvalue weighted by Gasteiger charge is 2.28. The van der Waals surface area contributed by atoms with Gasteiger partial charge in [0.25, 0.3) is 0 Å². The number of nitrogens with zero attached hydrogens (tertiary/aromatic N) is 2. The minimum Gasteiger partial charge on any atom is -0.340 e. The molecule has 0 saturated carbocycles. The molecule has 1 unspecified atom stereocenters. The first kappa shape index (κ1) is 14.4. The Morgan fingerprint density at radius 2 is 2.30 bits per heavy atom. The van der Waals surface area contributed by atoms with Crippen molar-refractivity contribution in [3.63, 3.8) is 0 Å². The van der Waals surface area contributed by atoms with Crippen LogP contribution in [0.5, 0.6) is 0 Å². The molecule has 1 N–H and O–H groups in total. The molecule has 20 heavy (non-hydrogen) atoms. The van der Waals surface area contributed by atoms with Gasteiger partial charge < -0.3 is 4.90 Å². The zero-order valence-electron chi connectivity index (χ0n) is 11.6. The Kier molecular flexibility index (Phi) is 4.99. The van der Waals surface area contributed by atoms with Gasteiger partial charge in [-0.1, -0.05) is 6.07 Å². The molecule has 0 radical (unpaired) electrons. The first-order valence-electron chi connectivity index (χ1n) is 7.17. The molecule has 2 saturated heterocycles. The summed E-state index contributed by atoms with van der Waals surface area (Å²) in [6, 6.07) is 4.35. The van der Waals surface area contributed by atoms with Crippen LogP contribution in [0.3, 0.4) is 0 Å². The maximum Gasteiger partial charge on any atom is 0.240 e. The van der Waals surface area contributed by atoms with Crippen molar-refractivity contribution in [2.45, 2.75) is 19.0 Å². The van der Waals surface area contributed by atoms with Gasteiger partial charge in [0.05, 0.1) is 6.04 Å². The van der Waals surface area contributed by atoms with Crippen LogP contribution in [0.2, 0.25) is 0 Å². The largest absolute Gasteiger partial charge is 0.340 e. The Balaban J connectivity index is 1.52. The van der Waals surface area contributed by atoms with Crippen molar-refractivity contribution in [2.24, 2.45) is 0 Å². The molecule has 1 amide bonds. The van der Waals surface area contributed by atoms with Crippen LogP contribution in [-0.2, 0) is 11.3 Å². The van der Waals surface area contributed by atoms with E-state index < -0.39 is 0 Å². The SMILES string of the molecule is O=C(C1CSCN1)N1CCCN(Cc2cccs2)CC1. The van der Waals surface area contributed by atoms with Crippen molar-refractivity contribution in [3.05, 3.63) is 22.4 Å². The summed E-state index contributed by atoms with van der Waals surface area (Å²) in [7, 11) is 0. The van der Waals surface area contributed by atoms with E-state index in [0.29, 0.717) is 5.91 Å². The Labute approximate surface area is 128 Å².